The summed E-state index contributed by atoms with van der Waals surface area (Å²) in [5, 5.41) is 0. The molecule has 1 aromatic carbocycles. The Kier molecular flexibility index (Phi) is 2.19. The van der Waals surface area contributed by atoms with E-state index in [1.807, 2.05) is 37.5 Å². The number of fused-ring (bicyclic) bond motifs is 1. The zero-order valence-electron chi connectivity index (χ0n) is 8.57. The van der Waals surface area contributed by atoms with Gasteiger partial charge in [-0.3, -0.25) is 9.36 Å². The van der Waals surface area contributed by atoms with Crippen molar-refractivity contribution in [3.63, 3.8) is 0 Å². The van der Waals surface area contributed by atoms with Crippen molar-refractivity contribution in [3.8, 4) is 0 Å². The van der Waals surface area contributed by atoms with E-state index < -0.39 is 0 Å². The van der Waals surface area contributed by atoms with Crippen LogP contribution in [-0.2, 0) is 0 Å². The van der Waals surface area contributed by atoms with Gasteiger partial charge in [0.1, 0.15) is 0 Å². The van der Waals surface area contributed by atoms with Gasteiger partial charge in [0, 0.05) is 6.04 Å². The molecule has 2 rings (SSSR count). The fraction of sp³-hybridized carbons (Fsp3) is 0.364. The SMILES string of the molecule is Cc1ccc2sc(=O)n(C(C)C)c2c1. The van der Waals surface area contributed by atoms with Crippen LogP contribution in [0.2, 0.25) is 0 Å². The average Bonchev–Trinajstić information content (AvgIpc) is 2.40. The first-order chi connectivity index (χ1) is 6.59. The van der Waals surface area contributed by atoms with Crippen LogP contribution >= 0.6 is 11.3 Å². The Balaban J connectivity index is 2.86. The summed E-state index contributed by atoms with van der Waals surface area (Å²) in [6, 6.07) is 6.38. The third-order valence-corrected chi connectivity index (χ3v) is 3.22. The largest absolute Gasteiger partial charge is 0.308 e. The van der Waals surface area contributed by atoms with Crippen molar-refractivity contribution in [1.29, 1.82) is 0 Å². The molecule has 0 unspecified atom stereocenters. The summed E-state index contributed by atoms with van der Waals surface area (Å²) in [6.07, 6.45) is 0. The van der Waals surface area contributed by atoms with Crippen LogP contribution in [0.4, 0.5) is 0 Å². The molecule has 14 heavy (non-hydrogen) atoms. The molecule has 0 saturated heterocycles. The molecule has 2 nitrogen and oxygen atoms in total. The van der Waals surface area contributed by atoms with Gasteiger partial charge in [0.25, 0.3) is 0 Å². The predicted octanol–water partition coefficient (Wildman–Crippen LogP) is 2.95. The van der Waals surface area contributed by atoms with Crippen molar-refractivity contribution in [2.45, 2.75) is 26.8 Å². The van der Waals surface area contributed by atoms with Gasteiger partial charge in [-0.25, -0.2) is 0 Å². The van der Waals surface area contributed by atoms with Gasteiger partial charge in [0.15, 0.2) is 0 Å². The first kappa shape index (κ1) is 9.46. The fourth-order valence-electron chi connectivity index (χ4n) is 1.63. The van der Waals surface area contributed by atoms with Crippen molar-refractivity contribution < 1.29 is 0 Å². The number of nitrogens with zero attached hydrogens (tertiary/aromatic N) is 1. The number of hydrogen-bond donors (Lipinski definition) is 0. The second kappa shape index (κ2) is 3.24. The Morgan fingerprint density at radius 1 is 1.36 bits per heavy atom. The Morgan fingerprint density at radius 2 is 2.07 bits per heavy atom. The highest BCUT2D eigenvalue weighted by atomic mass is 32.1. The second-order valence-electron chi connectivity index (χ2n) is 3.80. The Labute approximate surface area is 86.8 Å². The zero-order chi connectivity index (χ0) is 10.3. The summed E-state index contributed by atoms with van der Waals surface area (Å²) >= 11 is 1.32. The Morgan fingerprint density at radius 3 is 2.71 bits per heavy atom. The van der Waals surface area contributed by atoms with Crippen LogP contribution in [0.3, 0.4) is 0 Å². The molecular weight excluding hydrogens is 194 g/mol. The lowest BCUT2D eigenvalue weighted by atomic mass is 10.2. The topological polar surface area (TPSA) is 22.0 Å². The molecule has 2 aromatic rings. The molecule has 0 N–H and O–H groups in total. The van der Waals surface area contributed by atoms with E-state index in [1.165, 1.54) is 16.9 Å². The zero-order valence-corrected chi connectivity index (χ0v) is 9.39. The van der Waals surface area contributed by atoms with Crippen molar-refractivity contribution in [2.24, 2.45) is 0 Å². The molecule has 0 amide bonds. The van der Waals surface area contributed by atoms with Gasteiger partial charge in [-0.1, -0.05) is 17.4 Å². The van der Waals surface area contributed by atoms with Crippen molar-refractivity contribution >= 4 is 21.6 Å². The minimum atomic E-state index is 0.139. The number of aromatic nitrogens is 1. The lowest BCUT2D eigenvalue weighted by Crippen LogP contribution is -2.14. The number of rotatable bonds is 1. The monoisotopic (exact) mass is 207 g/mol. The third-order valence-electron chi connectivity index (χ3n) is 2.28. The number of thiazole rings is 1. The van der Waals surface area contributed by atoms with E-state index in [4.69, 9.17) is 0 Å². The second-order valence-corrected chi connectivity index (χ2v) is 4.80. The van der Waals surface area contributed by atoms with Gasteiger partial charge in [-0.05, 0) is 38.5 Å². The molecule has 0 aliphatic heterocycles. The Hall–Kier alpha value is -1.09. The Bertz CT molecular complexity index is 522. The number of hydrogen-bond acceptors (Lipinski definition) is 2. The van der Waals surface area contributed by atoms with E-state index in [9.17, 15) is 4.79 Å². The van der Waals surface area contributed by atoms with Gasteiger partial charge in [0.2, 0.25) is 0 Å². The minimum absolute atomic E-state index is 0.139. The molecule has 3 heteroatoms. The molecule has 1 heterocycles. The molecule has 74 valence electrons. The van der Waals surface area contributed by atoms with Gasteiger partial charge >= 0.3 is 4.87 Å². The van der Waals surface area contributed by atoms with Crippen LogP contribution in [0.15, 0.2) is 23.0 Å². The molecular formula is C11H13NOS. The lowest BCUT2D eigenvalue weighted by Gasteiger charge is -2.07. The lowest BCUT2D eigenvalue weighted by molar-refractivity contribution is 0.611. The molecule has 0 fully saturated rings. The van der Waals surface area contributed by atoms with E-state index in [2.05, 4.69) is 6.07 Å². The van der Waals surface area contributed by atoms with E-state index in [-0.39, 0.29) is 10.9 Å². The van der Waals surface area contributed by atoms with Gasteiger partial charge in [0.05, 0.1) is 10.2 Å². The highest BCUT2D eigenvalue weighted by molar-refractivity contribution is 7.16. The molecule has 0 saturated carbocycles. The number of aryl methyl sites for hydroxylation is 1. The maximum Gasteiger partial charge on any atom is 0.308 e. The van der Waals surface area contributed by atoms with Crippen LogP contribution in [0.1, 0.15) is 25.5 Å². The predicted molar refractivity (Wildman–Crippen MR) is 61.2 cm³/mol. The van der Waals surface area contributed by atoms with Gasteiger partial charge in [-0.15, -0.1) is 0 Å². The van der Waals surface area contributed by atoms with Crippen LogP contribution < -0.4 is 4.87 Å². The summed E-state index contributed by atoms with van der Waals surface area (Å²) < 4.78 is 2.93. The highest BCUT2D eigenvalue weighted by Crippen LogP contribution is 2.21. The fourth-order valence-corrected chi connectivity index (χ4v) is 2.63. The smallest absolute Gasteiger partial charge is 0.296 e. The van der Waals surface area contributed by atoms with E-state index >= 15 is 0 Å². The highest BCUT2D eigenvalue weighted by Gasteiger charge is 2.09. The van der Waals surface area contributed by atoms with E-state index in [0.29, 0.717) is 0 Å². The molecule has 0 aliphatic rings. The first-order valence-electron chi connectivity index (χ1n) is 4.71. The van der Waals surface area contributed by atoms with E-state index in [0.717, 1.165) is 10.2 Å². The summed E-state index contributed by atoms with van der Waals surface area (Å²) in [5.74, 6) is 0. The van der Waals surface area contributed by atoms with Crippen LogP contribution in [0.25, 0.3) is 10.2 Å². The van der Waals surface area contributed by atoms with Crippen molar-refractivity contribution in [1.82, 2.24) is 4.57 Å². The number of benzene rings is 1. The molecule has 0 spiro atoms. The van der Waals surface area contributed by atoms with Gasteiger partial charge < -0.3 is 0 Å². The van der Waals surface area contributed by atoms with E-state index in [1.54, 1.807) is 0 Å². The summed E-state index contributed by atoms with van der Waals surface area (Å²) in [5.41, 5.74) is 2.26. The summed E-state index contributed by atoms with van der Waals surface area (Å²) in [7, 11) is 0. The first-order valence-corrected chi connectivity index (χ1v) is 5.53. The minimum Gasteiger partial charge on any atom is -0.296 e. The third kappa shape index (κ3) is 1.38. The summed E-state index contributed by atoms with van der Waals surface area (Å²) in [4.78, 5) is 11.8. The van der Waals surface area contributed by atoms with Crippen molar-refractivity contribution in [2.75, 3.05) is 0 Å². The average molecular weight is 207 g/mol. The standard InChI is InChI=1S/C11H13NOS/c1-7(2)12-9-6-8(3)4-5-10(9)14-11(12)13/h4-7H,1-3H3. The van der Waals surface area contributed by atoms with Crippen LogP contribution in [0.5, 0.6) is 0 Å². The quantitative estimate of drug-likeness (QED) is 0.704. The van der Waals surface area contributed by atoms with Crippen molar-refractivity contribution in [3.05, 3.63) is 33.4 Å². The molecule has 0 radical (unpaired) electrons. The molecule has 0 bridgehead atoms. The summed E-state index contributed by atoms with van der Waals surface area (Å²) in [6.45, 7) is 6.12. The maximum atomic E-state index is 11.7. The van der Waals surface area contributed by atoms with Gasteiger partial charge in [-0.2, -0.15) is 0 Å². The normalized spacial score (nSPS) is 11.4. The molecule has 0 aliphatic carbocycles. The van der Waals surface area contributed by atoms with Crippen LogP contribution in [0, 0.1) is 6.92 Å². The maximum absolute atomic E-state index is 11.7. The molecule has 1 aromatic heterocycles. The van der Waals surface area contributed by atoms with Crippen LogP contribution in [-0.4, -0.2) is 4.57 Å². The molecule has 0 atom stereocenters.